The highest BCUT2D eigenvalue weighted by molar-refractivity contribution is 5.75. The Morgan fingerprint density at radius 2 is 1.95 bits per heavy atom. The number of piperidine rings is 1. The van der Waals surface area contributed by atoms with Gasteiger partial charge < -0.3 is 10.2 Å². The molecule has 0 spiro atoms. The van der Waals surface area contributed by atoms with E-state index in [1.807, 2.05) is 6.07 Å². The Kier molecular flexibility index (Phi) is 5.16. The Balaban J connectivity index is 1.79. The number of benzene rings is 1. The summed E-state index contributed by atoms with van der Waals surface area (Å²) < 4.78 is 0. The maximum Gasteiger partial charge on any atom is 0.221 e. The van der Waals surface area contributed by atoms with Crippen LogP contribution in [-0.2, 0) is 4.79 Å². The summed E-state index contributed by atoms with van der Waals surface area (Å²) in [5.41, 5.74) is 2.80. The van der Waals surface area contributed by atoms with Crippen LogP contribution in [0, 0.1) is 0 Å². The van der Waals surface area contributed by atoms with Crippen molar-refractivity contribution in [3.63, 3.8) is 0 Å². The fraction of sp³-hybridized carbons (Fsp3) is 0.438. The molecule has 102 valence electrons. The number of carbonyl (C=O) groups is 1. The van der Waals surface area contributed by atoms with Crippen LogP contribution < -0.4 is 5.32 Å². The molecule has 0 atom stereocenters. The third-order valence-electron chi connectivity index (χ3n) is 3.60. The Morgan fingerprint density at radius 3 is 2.58 bits per heavy atom. The molecule has 1 saturated heterocycles. The van der Waals surface area contributed by atoms with Crippen LogP contribution in [0.2, 0.25) is 0 Å². The fourth-order valence-electron chi connectivity index (χ4n) is 2.38. The third kappa shape index (κ3) is 4.52. The molecule has 3 nitrogen and oxygen atoms in total. The second-order valence-electron chi connectivity index (χ2n) is 4.98. The molecule has 2 rings (SSSR count). The molecule has 0 unspecified atom stereocenters. The van der Waals surface area contributed by atoms with Crippen LogP contribution in [0.4, 0.5) is 0 Å². The van der Waals surface area contributed by atoms with Gasteiger partial charge in [-0.2, -0.15) is 0 Å². The zero-order chi connectivity index (χ0) is 13.5. The van der Waals surface area contributed by atoms with Gasteiger partial charge in [-0.05, 0) is 18.4 Å². The summed E-state index contributed by atoms with van der Waals surface area (Å²) in [6.07, 6.45) is 5.13. The van der Waals surface area contributed by atoms with Crippen molar-refractivity contribution in [3.05, 3.63) is 41.5 Å². The maximum absolute atomic E-state index is 11.2. The highest BCUT2D eigenvalue weighted by Gasteiger charge is 2.14. The largest absolute Gasteiger partial charge is 0.359 e. The van der Waals surface area contributed by atoms with E-state index in [1.165, 1.54) is 11.1 Å². The predicted molar refractivity (Wildman–Crippen MR) is 78.8 cm³/mol. The number of hydrogen-bond acceptors (Lipinski definition) is 2. The molecule has 1 aromatic carbocycles. The molecule has 1 aromatic rings. The molecule has 1 amide bonds. The highest BCUT2D eigenvalue weighted by Crippen LogP contribution is 2.19. The third-order valence-corrected chi connectivity index (χ3v) is 3.60. The summed E-state index contributed by atoms with van der Waals surface area (Å²) in [6, 6.07) is 10.5. The summed E-state index contributed by atoms with van der Waals surface area (Å²) in [5, 5.41) is 2.67. The summed E-state index contributed by atoms with van der Waals surface area (Å²) in [6.45, 7) is 3.00. The standard InChI is InChI=1S/C16H22N2O/c1-17-16(19)9-12-18-10-7-15(8-11-18)13-14-5-3-2-4-6-14/h2-6,13H,7-12H2,1H3,(H,17,19). The van der Waals surface area contributed by atoms with E-state index in [0.717, 1.165) is 32.5 Å². The predicted octanol–water partition coefficient (Wildman–Crippen LogP) is 2.30. The van der Waals surface area contributed by atoms with Crippen molar-refractivity contribution in [1.82, 2.24) is 10.2 Å². The van der Waals surface area contributed by atoms with E-state index in [1.54, 1.807) is 7.05 Å². The van der Waals surface area contributed by atoms with Gasteiger partial charge in [0, 0.05) is 33.1 Å². The minimum Gasteiger partial charge on any atom is -0.359 e. The fourth-order valence-corrected chi connectivity index (χ4v) is 2.38. The van der Waals surface area contributed by atoms with Gasteiger partial charge in [-0.1, -0.05) is 42.0 Å². The molecular formula is C16H22N2O. The molecule has 0 radical (unpaired) electrons. The van der Waals surface area contributed by atoms with E-state index in [9.17, 15) is 4.79 Å². The molecule has 1 N–H and O–H groups in total. The zero-order valence-corrected chi connectivity index (χ0v) is 11.6. The molecule has 0 saturated carbocycles. The van der Waals surface area contributed by atoms with Gasteiger partial charge in [-0.3, -0.25) is 4.79 Å². The van der Waals surface area contributed by atoms with E-state index < -0.39 is 0 Å². The van der Waals surface area contributed by atoms with Gasteiger partial charge in [0.05, 0.1) is 0 Å². The Labute approximate surface area is 115 Å². The molecule has 0 aromatic heterocycles. The lowest BCUT2D eigenvalue weighted by molar-refractivity contribution is -0.120. The molecule has 0 aliphatic carbocycles. The summed E-state index contributed by atoms with van der Waals surface area (Å²) in [5.74, 6) is 0.130. The molecule has 1 heterocycles. The Hall–Kier alpha value is -1.61. The number of likely N-dealkylation sites (tertiary alicyclic amines) is 1. The van der Waals surface area contributed by atoms with Crippen molar-refractivity contribution in [3.8, 4) is 0 Å². The van der Waals surface area contributed by atoms with Crippen LogP contribution in [0.25, 0.3) is 6.08 Å². The molecule has 0 bridgehead atoms. The average molecular weight is 258 g/mol. The van der Waals surface area contributed by atoms with Gasteiger partial charge in [0.25, 0.3) is 0 Å². The number of nitrogens with zero attached hydrogens (tertiary/aromatic N) is 1. The topological polar surface area (TPSA) is 32.3 Å². The van der Waals surface area contributed by atoms with E-state index in [4.69, 9.17) is 0 Å². The van der Waals surface area contributed by atoms with Crippen molar-refractivity contribution in [1.29, 1.82) is 0 Å². The average Bonchev–Trinajstić information content (AvgIpc) is 2.47. The molecule has 1 aliphatic rings. The number of carbonyl (C=O) groups excluding carboxylic acids is 1. The van der Waals surface area contributed by atoms with Gasteiger partial charge in [0.2, 0.25) is 5.91 Å². The number of hydrogen-bond donors (Lipinski definition) is 1. The minimum atomic E-state index is 0.130. The maximum atomic E-state index is 11.2. The van der Waals surface area contributed by atoms with Gasteiger partial charge in [-0.25, -0.2) is 0 Å². The first-order valence-electron chi connectivity index (χ1n) is 6.95. The van der Waals surface area contributed by atoms with Crippen LogP contribution in [0.3, 0.4) is 0 Å². The first-order chi connectivity index (χ1) is 9.28. The molecule has 1 aliphatic heterocycles. The lowest BCUT2D eigenvalue weighted by Crippen LogP contribution is -2.34. The SMILES string of the molecule is CNC(=O)CCN1CCC(=Cc2ccccc2)CC1. The lowest BCUT2D eigenvalue weighted by atomic mass is 10.0. The normalized spacial score (nSPS) is 16.2. The summed E-state index contributed by atoms with van der Waals surface area (Å²) in [4.78, 5) is 13.6. The van der Waals surface area contributed by atoms with Crippen molar-refractivity contribution < 1.29 is 4.79 Å². The minimum absolute atomic E-state index is 0.130. The zero-order valence-electron chi connectivity index (χ0n) is 11.6. The molecule has 1 fully saturated rings. The highest BCUT2D eigenvalue weighted by atomic mass is 16.1. The molecular weight excluding hydrogens is 236 g/mol. The van der Waals surface area contributed by atoms with E-state index in [2.05, 4.69) is 40.6 Å². The van der Waals surface area contributed by atoms with E-state index in [-0.39, 0.29) is 5.91 Å². The van der Waals surface area contributed by atoms with E-state index in [0.29, 0.717) is 6.42 Å². The van der Waals surface area contributed by atoms with Gasteiger partial charge in [-0.15, -0.1) is 0 Å². The lowest BCUT2D eigenvalue weighted by Gasteiger charge is -2.28. The Morgan fingerprint density at radius 1 is 1.26 bits per heavy atom. The van der Waals surface area contributed by atoms with Gasteiger partial charge in [0.1, 0.15) is 0 Å². The van der Waals surface area contributed by atoms with Crippen LogP contribution >= 0.6 is 0 Å². The molecule has 19 heavy (non-hydrogen) atoms. The van der Waals surface area contributed by atoms with E-state index >= 15 is 0 Å². The van der Waals surface area contributed by atoms with Crippen molar-refractivity contribution in [2.75, 3.05) is 26.7 Å². The van der Waals surface area contributed by atoms with Crippen LogP contribution in [-0.4, -0.2) is 37.5 Å². The number of rotatable bonds is 4. The van der Waals surface area contributed by atoms with Gasteiger partial charge >= 0.3 is 0 Å². The number of amides is 1. The summed E-state index contributed by atoms with van der Waals surface area (Å²) in [7, 11) is 1.69. The second kappa shape index (κ2) is 7.10. The first-order valence-corrected chi connectivity index (χ1v) is 6.95. The smallest absolute Gasteiger partial charge is 0.221 e. The van der Waals surface area contributed by atoms with Crippen LogP contribution in [0.15, 0.2) is 35.9 Å². The molecule has 3 heteroatoms. The monoisotopic (exact) mass is 258 g/mol. The summed E-state index contributed by atoms with van der Waals surface area (Å²) >= 11 is 0. The van der Waals surface area contributed by atoms with Crippen molar-refractivity contribution in [2.24, 2.45) is 0 Å². The second-order valence-corrected chi connectivity index (χ2v) is 4.98. The van der Waals surface area contributed by atoms with Crippen molar-refractivity contribution >= 4 is 12.0 Å². The van der Waals surface area contributed by atoms with Crippen LogP contribution in [0.5, 0.6) is 0 Å². The Bertz CT molecular complexity index is 429. The van der Waals surface area contributed by atoms with Crippen molar-refractivity contribution in [2.45, 2.75) is 19.3 Å². The van der Waals surface area contributed by atoms with Gasteiger partial charge in [0.15, 0.2) is 0 Å². The van der Waals surface area contributed by atoms with Crippen LogP contribution in [0.1, 0.15) is 24.8 Å². The quantitative estimate of drug-likeness (QED) is 0.899. The number of nitrogens with one attached hydrogen (secondary N) is 1. The first kappa shape index (κ1) is 13.8.